The molecule has 0 aromatic heterocycles. The zero-order valence-electron chi connectivity index (χ0n) is 31.7. The van der Waals surface area contributed by atoms with Gasteiger partial charge in [-0.25, -0.2) is 0 Å². The Morgan fingerprint density at radius 2 is 0.527 bits per heavy atom. The average molecular weight is 768 g/mol. The summed E-state index contributed by atoms with van der Waals surface area (Å²) in [5, 5.41) is 8.45. The van der Waals surface area contributed by atoms with Crippen LogP contribution >= 0.6 is 0 Å². The van der Waals surface area contributed by atoms with Gasteiger partial charge in [0.15, 0.2) is 0 Å². The van der Waals surface area contributed by atoms with Gasteiger partial charge in [-0.05, 0) is 42.4 Å². The molecular weight excluding hydrogens is 717 g/mol. The van der Waals surface area contributed by atoms with Crippen LogP contribution in [-0.4, -0.2) is 25.2 Å². The van der Waals surface area contributed by atoms with Crippen molar-refractivity contribution >= 4 is 61.5 Å². The summed E-state index contributed by atoms with van der Waals surface area (Å²) in [6.07, 6.45) is 6.62. The second-order valence-corrected chi connectivity index (χ2v) is 24.7. The van der Waals surface area contributed by atoms with Crippen LogP contribution in [-0.2, 0) is 8.23 Å². The van der Waals surface area contributed by atoms with Gasteiger partial charge < -0.3 is 8.23 Å². The van der Waals surface area contributed by atoms with E-state index in [1.807, 2.05) is 0 Å². The van der Waals surface area contributed by atoms with Crippen molar-refractivity contribution in [3.05, 3.63) is 219 Å². The van der Waals surface area contributed by atoms with Gasteiger partial charge >= 0.3 is 8.56 Å². The molecule has 0 unspecified atom stereocenters. The molecule has 0 aliphatic heterocycles. The summed E-state index contributed by atoms with van der Waals surface area (Å²) in [7, 11) is -10.0. The van der Waals surface area contributed by atoms with Gasteiger partial charge in [0.2, 0.25) is 0 Å². The minimum Gasteiger partial charge on any atom is -0.422 e. The topological polar surface area (TPSA) is 18.5 Å². The summed E-state index contributed by atoms with van der Waals surface area (Å²) in [6, 6.07) is 77.9. The first-order chi connectivity index (χ1) is 27.2. The predicted octanol–water partition coefficient (Wildman–Crippen LogP) is 7.88. The van der Waals surface area contributed by atoms with Gasteiger partial charge in [-0.2, -0.15) is 0 Å². The lowest BCUT2D eigenvalue weighted by Gasteiger charge is -2.47. The van der Waals surface area contributed by atoms with Gasteiger partial charge in [-0.15, -0.1) is 0 Å². The molecule has 5 heteroatoms. The van der Waals surface area contributed by atoms with E-state index >= 15 is 0 Å². The predicted molar refractivity (Wildman–Crippen MR) is 240 cm³/mol. The Kier molecular flexibility index (Phi) is 13.0. The van der Waals surface area contributed by atoms with Crippen LogP contribution in [0.4, 0.5) is 0 Å². The lowest BCUT2D eigenvalue weighted by atomic mass is 10.1. The summed E-state index contributed by atoms with van der Waals surface area (Å²) in [4.78, 5) is 0. The molecule has 0 saturated carbocycles. The standard InChI is InChI=1S/C50H51O2Si3/c1-2-3-4-5-6-28-43-53(44-29-14-7-15-30-44,51-54(45-31-16-8-17-32-45,46-33-18-9-19-34-46)47-35-20-10-21-36-47)52-55(48-37-22-11-23-38-48,49-39-24-12-25-40-49)50-41-26-13-27-42-50/h7-27,29-42H,1-6,28,43H2. The molecule has 0 aliphatic carbocycles. The summed E-state index contributed by atoms with van der Waals surface area (Å²) in [5.41, 5.74) is 0. The summed E-state index contributed by atoms with van der Waals surface area (Å²) < 4.78 is 17.2. The third-order valence-electron chi connectivity index (χ3n) is 10.7. The Labute approximate surface area is 332 Å². The normalized spacial score (nSPS) is 12.0. The van der Waals surface area contributed by atoms with Crippen molar-refractivity contribution in [2.45, 2.75) is 44.6 Å². The maximum absolute atomic E-state index is 8.60. The van der Waals surface area contributed by atoms with Crippen molar-refractivity contribution in [2.75, 3.05) is 0 Å². The highest BCUT2D eigenvalue weighted by atomic mass is 28.5. The molecule has 0 atom stereocenters. The fraction of sp³-hybridized carbons (Fsp3) is 0.140. The van der Waals surface area contributed by atoms with Crippen LogP contribution in [0, 0.1) is 6.92 Å². The molecule has 0 bridgehead atoms. The molecule has 0 heterocycles. The Hall–Kier alpha value is -4.89. The first-order valence-corrected chi connectivity index (χ1v) is 25.6. The maximum Gasteiger partial charge on any atom is 0.353 e. The number of hydrogen-bond acceptors (Lipinski definition) is 2. The highest BCUT2D eigenvalue weighted by Gasteiger charge is 2.57. The second-order valence-electron chi connectivity index (χ2n) is 14.3. The van der Waals surface area contributed by atoms with Crippen molar-refractivity contribution in [1.82, 2.24) is 0 Å². The minimum atomic E-state index is -3.50. The number of benzene rings is 7. The summed E-state index contributed by atoms with van der Waals surface area (Å²) in [6.45, 7) is 4.11. The van der Waals surface area contributed by atoms with Gasteiger partial charge in [0.05, 0.1) is 0 Å². The van der Waals surface area contributed by atoms with E-state index in [2.05, 4.69) is 219 Å². The van der Waals surface area contributed by atoms with Gasteiger partial charge in [-0.1, -0.05) is 258 Å². The van der Waals surface area contributed by atoms with Crippen molar-refractivity contribution in [1.29, 1.82) is 0 Å². The highest BCUT2D eigenvalue weighted by Crippen LogP contribution is 2.29. The maximum atomic E-state index is 8.60. The molecule has 0 N–H and O–H groups in total. The van der Waals surface area contributed by atoms with E-state index < -0.39 is 25.2 Å². The third kappa shape index (κ3) is 8.37. The van der Waals surface area contributed by atoms with Crippen molar-refractivity contribution in [3.63, 3.8) is 0 Å². The van der Waals surface area contributed by atoms with Crippen molar-refractivity contribution < 1.29 is 8.23 Å². The Balaban J connectivity index is 1.56. The van der Waals surface area contributed by atoms with Gasteiger partial charge in [0.1, 0.15) is 0 Å². The SMILES string of the molecule is [CH2]CCCCCCC[Si](O[Si](c1ccccc1)(c1ccccc1)c1ccccc1)(O[Si](c1ccccc1)(c1ccccc1)c1ccccc1)c1ccccc1. The molecule has 1 radical (unpaired) electrons. The number of rotatable bonds is 18. The second kappa shape index (κ2) is 18.6. The van der Waals surface area contributed by atoms with E-state index in [1.54, 1.807) is 0 Å². The largest absolute Gasteiger partial charge is 0.422 e. The molecule has 275 valence electrons. The Bertz CT molecular complexity index is 1810. The molecular formula is C50H51O2Si3. The molecule has 7 aromatic carbocycles. The van der Waals surface area contributed by atoms with Crippen molar-refractivity contribution in [3.8, 4) is 0 Å². The molecule has 2 nitrogen and oxygen atoms in total. The quantitative estimate of drug-likeness (QED) is 0.0503. The van der Waals surface area contributed by atoms with E-state index in [9.17, 15) is 0 Å². The first kappa shape index (κ1) is 38.4. The van der Waals surface area contributed by atoms with Crippen molar-refractivity contribution in [2.24, 2.45) is 0 Å². The van der Waals surface area contributed by atoms with Gasteiger partial charge in [0, 0.05) is 0 Å². The lowest BCUT2D eigenvalue weighted by Crippen LogP contribution is -2.80. The number of unbranched alkanes of at least 4 members (excludes halogenated alkanes) is 5. The minimum absolute atomic E-state index is 0.823. The molecule has 7 rings (SSSR count). The molecule has 0 fully saturated rings. The van der Waals surface area contributed by atoms with Crippen LogP contribution in [0.2, 0.25) is 6.04 Å². The zero-order chi connectivity index (χ0) is 37.7. The fourth-order valence-electron chi connectivity index (χ4n) is 8.03. The fourth-order valence-corrected chi connectivity index (χ4v) is 24.8. The monoisotopic (exact) mass is 767 g/mol. The van der Waals surface area contributed by atoms with Crippen LogP contribution < -0.4 is 36.3 Å². The Morgan fingerprint density at radius 1 is 0.291 bits per heavy atom. The van der Waals surface area contributed by atoms with Crippen LogP contribution in [0.1, 0.15) is 38.5 Å². The summed E-state index contributed by atoms with van der Waals surface area (Å²) >= 11 is 0. The number of hydrogen-bond donors (Lipinski definition) is 0. The van der Waals surface area contributed by atoms with Crippen LogP contribution in [0.25, 0.3) is 0 Å². The van der Waals surface area contributed by atoms with Gasteiger partial charge in [0.25, 0.3) is 16.6 Å². The zero-order valence-corrected chi connectivity index (χ0v) is 34.7. The van der Waals surface area contributed by atoms with E-state index in [0.717, 1.165) is 31.7 Å². The average Bonchev–Trinajstić information content (AvgIpc) is 3.28. The van der Waals surface area contributed by atoms with E-state index in [0.29, 0.717) is 0 Å². The Morgan fingerprint density at radius 3 is 0.800 bits per heavy atom. The highest BCUT2D eigenvalue weighted by molar-refractivity contribution is 7.15. The molecule has 0 amide bonds. The third-order valence-corrected chi connectivity index (χ3v) is 24.9. The molecule has 7 aromatic rings. The van der Waals surface area contributed by atoms with E-state index in [-0.39, 0.29) is 0 Å². The molecule has 0 saturated heterocycles. The van der Waals surface area contributed by atoms with Crippen LogP contribution in [0.3, 0.4) is 0 Å². The van der Waals surface area contributed by atoms with Crippen LogP contribution in [0.15, 0.2) is 212 Å². The lowest BCUT2D eigenvalue weighted by molar-refractivity contribution is 0.404. The smallest absolute Gasteiger partial charge is 0.353 e. The molecule has 55 heavy (non-hydrogen) atoms. The van der Waals surface area contributed by atoms with E-state index in [1.165, 1.54) is 49.1 Å². The van der Waals surface area contributed by atoms with Crippen LogP contribution in [0.5, 0.6) is 0 Å². The van der Waals surface area contributed by atoms with Gasteiger partial charge in [-0.3, -0.25) is 0 Å². The molecule has 0 aliphatic rings. The first-order valence-electron chi connectivity index (χ1n) is 19.8. The summed E-state index contributed by atoms with van der Waals surface area (Å²) in [5.74, 6) is 0. The van der Waals surface area contributed by atoms with E-state index in [4.69, 9.17) is 8.23 Å². The molecule has 0 spiro atoms.